The van der Waals surface area contributed by atoms with Gasteiger partial charge in [0.2, 0.25) is 0 Å². The van der Waals surface area contributed by atoms with Gasteiger partial charge in [-0.3, -0.25) is 4.79 Å². The first-order valence-electron chi connectivity index (χ1n) is 6.96. The zero-order chi connectivity index (χ0) is 15.5. The Balaban J connectivity index is 1.62. The number of nitrogens with zero attached hydrogens (tertiary/aromatic N) is 3. The van der Waals surface area contributed by atoms with Crippen molar-refractivity contribution in [3.63, 3.8) is 0 Å². The number of benzene rings is 1. The fraction of sp³-hybridized carbons (Fsp3) is 0.333. The number of amides is 1. The number of carbonyl (C=O) groups excluding carboxylic acids is 1. The molecular weight excluding hydrogens is 322 g/mol. The summed E-state index contributed by atoms with van der Waals surface area (Å²) in [5, 5.41) is 0.299. The molecule has 0 atom stereocenters. The van der Waals surface area contributed by atoms with Gasteiger partial charge in [-0.1, -0.05) is 11.6 Å². The third kappa shape index (κ3) is 3.03. The SMILES string of the molecule is COc1ccc(N2CCN(C(=O)c3scnc3Cl)CC2)cc1. The molecule has 2 heterocycles. The molecule has 1 aromatic carbocycles. The number of methoxy groups -OCH3 is 1. The van der Waals surface area contributed by atoms with E-state index >= 15 is 0 Å². The van der Waals surface area contributed by atoms with E-state index in [4.69, 9.17) is 16.3 Å². The molecule has 0 N–H and O–H groups in total. The highest BCUT2D eigenvalue weighted by molar-refractivity contribution is 7.12. The number of ether oxygens (including phenoxy) is 1. The summed E-state index contributed by atoms with van der Waals surface area (Å²) in [5.74, 6) is 0.819. The summed E-state index contributed by atoms with van der Waals surface area (Å²) in [6.07, 6.45) is 0. The smallest absolute Gasteiger partial charge is 0.267 e. The number of halogens is 1. The maximum atomic E-state index is 12.4. The van der Waals surface area contributed by atoms with E-state index in [0.717, 1.165) is 24.5 Å². The van der Waals surface area contributed by atoms with Gasteiger partial charge in [0.15, 0.2) is 5.15 Å². The molecule has 1 fully saturated rings. The van der Waals surface area contributed by atoms with Crippen molar-refractivity contribution >= 4 is 34.5 Å². The maximum absolute atomic E-state index is 12.4. The van der Waals surface area contributed by atoms with Crippen LogP contribution in [-0.2, 0) is 0 Å². The molecular formula is C15H16ClN3O2S. The van der Waals surface area contributed by atoms with Crippen LogP contribution in [0.15, 0.2) is 29.8 Å². The number of anilines is 1. The topological polar surface area (TPSA) is 45.7 Å². The number of thiazole rings is 1. The molecule has 0 aliphatic carbocycles. The van der Waals surface area contributed by atoms with Gasteiger partial charge in [0.25, 0.3) is 5.91 Å². The van der Waals surface area contributed by atoms with Crippen LogP contribution in [0.25, 0.3) is 0 Å². The van der Waals surface area contributed by atoms with Crippen molar-refractivity contribution in [1.29, 1.82) is 0 Å². The van der Waals surface area contributed by atoms with E-state index < -0.39 is 0 Å². The van der Waals surface area contributed by atoms with E-state index in [2.05, 4.69) is 9.88 Å². The molecule has 1 saturated heterocycles. The first-order chi connectivity index (χ1) is 10.7. The van der Waals surface area contributed by atoms with E-state index in [1.165, 1.54) is 11.3 Å². The third-order valence-corrected chi connectivity index (χ3v) is 4.94. The van der Waals surface area contributed by atoms with E-state index in [0.29, 0.717) is 23.1 Å². The largest absolute Gasteiger partial charge is 0.497 e. The molecule has 0 saturated carbocycles. The highest BCUT2D eigenvalue weighted by atomic mass is 35.5. The lowest BCUT2D eigenvalue weighted by Crippen LogP contribution is -2.48. The van der Waals surface area contributed by atoms with Crippen LogP contribution in [0.5, 0.6) is 5.75 Å². The molecule has 0 bridgehead atoms. The van der Waals surface area contributed by atoms with Crippen LogP contribution in [0.3, 0.4) is 0 Å². The van der Waals surface area contributed by atoms with Crippen LogP contribution in [0.1, 0.15) is 9.67 Å². The molecule has 2 aromatic rings. The van der Waals surface area contributed by atoms with Gasteiger partial charge >= 0.3 is 0 Å². The van der Waals surface area contributed by atoms with Crippen molar-refractivity contribution < 1.29 is 9.53 Å². The monoisotopic (exact) mass is 337 g/mol. The number of hydrogen-bond acceptors (Lipinski definition) is 5. The van der Waals surface area contributed by atoms with E-state index in [9.17, 15) is 4.79 Å². The van der Waals surface area contributed by atoms with Crippen molar-refractivity contribution in [1.82, 2.24) is 9.88 Å². The third-order valence-electron chi connectivity index (χ3n) is 3.72. The standard InChI is InChI=1S/C15H16ClN3O2S/c1-21-12-4-2-11(3-5-12)18-6-8-19(9-7-18)15(20)13-14(16)17-10-22-13/h2-5,10H,6-9H2,1H3. The summed E-state index contributed by atoms with van der Waals surface area (Å²) < 4.78 is 5.17. The first kappa shape index (κ1) is 15.1. The summed E-state index contributed by atoms with van der Waals surface area (Å²) in [4.78, 5) is 20.9. The highest BCUT2D eigenvalue weighted by Gasteiger charge is 2.25. The molecule has 5 nitrogen and oxygen atoms in total. The molecule has 7 heteroatoms. The fourth-order valence-corrected chi connectivity index (χ4v) is 3.44. The lowest BCUT2D eigenvalue weighted by Gasteiger charge is -2.36. The number of carbonyl (C=O) groups is 1. The Bertz CT molecular complexity index is 651. The second kappa shape index (κ2) is 6.54. The Kier molecular flexibility index (Phi) is 4.49. The predicted octanol–water partition coefficient (Wildman–Crippen LogP) is 2.77. The lowest BCUT2D eigenvalue weighted by atomic mass is 10.2. The Labute approximate surface area is 138 Å². The number of aromatic nitrogens is 1. The highest BCUT2D eigenvalue weighted by Crippen LogP contribution is 2.23. The summed E-state index contributed by atoms with van der Waals surface area (Å²) in [6.45, 7) is 2.96. The van der Waals surface area contributed by atoms with Gasteiger partial charge in [0.05, 0.1) is 12.6 Å². The normalized spacial score (nSPS) is 15.0. The summed E-state index contributed by atoms with van der Waals surface area (Å²) in [6, 6.07) is 7.97. The van der Waals surface area contributed by atoms with Crippen LogP contribution in [0, 0.1) is 0 Å². The van der Waals surface area contributed by atoms with Gasteiger partial charge in [0, 0.05) is 31.9 Å². The molecule has 1 aliphatic heterocycles. The lowest BCUT2D eigenvalue weighted by molar-refractivity contribution is 0.0751. The minimum atomic E-state index is -0.0260. The van der Waals surface area contributed by atoms with Gasteiger partial charge < -0.3 is 14.5 Å². The zero-order valence-corrected chi connectivity index (χ0v) is 13.7. The van der Waals surface area contributed by atoms with E-state index in [-0.39, 0.29) is 5.91 Å². The average molecular weight is 338 g/mol. The molecule has 1 aliphatic rings. The van der Waals surface area contributed by atoms with Crippen molar-refractivity contribution in [2.75, 3.05) is 38.2 Å². The molecule has 1 aromatic heterocycles. The van der Waals surface area contributed by atoms with Crippen LogP contribution < -0.4 is 9.64 Å². The van der Waals surface area contributed by atoms with Gasteiger partial charge in [-0.15, -0.1) is 11.3 Å². The number of rotatable bonds is 3. The average Bonchev–Trinajstić information content (AvgIpc) is 3.00. The molecule has 1 amide bonds. The van der Waals surface area contributed by atoms with Crippen molar-refractivity contribution in [2.45, 2.75) is 0 Å². The van der Waals surface area contributed by atoms with E-state index in [1.54, 1.807) is 12.6 Å². The Morgan fingerprint density at radius 3 is 2.45 bits per heavy atom. The number of piperazine rings is 1. The van der Waals surface area contributed by atoms with Crippen LogP contribution in [0.2, 0.25) is 5.15 Å². The summed E-state index contributed by atoms with van der Waals surface area (Å²) >= 11 is 7.23. The van der Waals surface area contributed by atoms with E-state index in [1.807, 2.05) is 29.2 Å². The molecule has 0 radical (unpaired) electrons. The van der Waals surface area contributed by atoms with Crippen molar-refractivity contribution in [2.24, 2.45) is 0 Å². The quantitative estimate of drug-likeness (QED) is 0.864. The van der Waals surface area contributed by atoms with Crippen molar-refractivity contribution in [3.8, 4) is 5.75 Å². The Morgan fingerprint density at radius 1 is 1.23 bits per heavy atom. The minimum absolute atomic E-state index is 0.0260. The van der Waals surface area contributed by atoms with Gasteiger partial charge in [-0.25, -0.2) is 4.98 Å². The van der Waals surface area contributed by atoms with Crippen LogP contribution >= 0.6 is 22.9 Å². The molecule has 3 rings (SSSR count). The molecule has 22 heavy (non-hydrogen) atoms. The predicted molar refractivity (Wildman–Crippen MR) is 88.2 cm³/mol. The molecule has 116 valence electrons. The van der Waals surface area contributed by atoms with Gasteiger partial charge in [-0.2, -0.15) is 0 Å². The summed E-state index contributed by atoms with van der Waals surface area (Å²) in [7, 11) is 1.66. The molecule has 0 unspecified atom stereocenters. The second-order valence-corrected chi connectivity index (χ2v) is 6.16. The molecule has 0 spiro atoms. The number of hydrogen-bond donors (Lipinski definition) is 0. The first-order valence-corrected chi connectivity index (χ1v) is 8.22. The summed E-state index contributed by atoms with van der Waals surface area (Å²) in [5.41, 5.74) is 2.74. The van der Waals surface area contributed by atoms with Gasteiger partial charge in [-0.05, 0) is 24.3 Å². The Morgan fingerprint density at radius 2 is 1.91 bits per heavy atom. The fourth-order valence-electron chi connectivity index (χ4n) is 2.48. The maximum Gasteiger partial charge on any atom is 0.267 e. The Hall–Kier alpha value is -1.79. The van der Waals surface area contributed by atoms with Crippen molar-refractivity contribution in [3.05, 3.63) is 39.8 Å². The van der Waals surface area contributed by atoms with Gasteiger partial charge in [0.1, 0.15) is 10.6 Å². The van der Waals surface area contributed by atoms with Crippen LogP contribution in [-0.4, -0.2) is 49.1 Å². The zero-order valence-electron chi connectivity index (χ0n) is 12.2. The second-order valence-electron chi connectivity index (χ2n) is 4.95. The van der Waals surface area contributed by atoms with Crippen LogP contribution in [0.4, 0.5) is 5.69 Å². The minimum Gasteiger partial charge on any atom is -0.497 e.